The van der Waals surface area contributed by atoms with E-state index in [1.807, 2.05) is 7.05 Å². The van der Waals surface area contributed by atoms with E-state index in [4.69, 9.17) is 4.74 Å². The Morgan fingerprint density at radius 1 is 1.08 bits per heavy atom. The second-order valence-corrected chi connectivity index (χ2v) is 7.44. The molecule has 0 unspecified atom stereocenters. The van der Waals surface area contributed by atoms with Crippen LogP contribution in [0.15, 0.2) is 4.99 Å². The Balaban J connectivity index is 0.00000208. The monoisotopic (exact) mass is 450 g/mol. The molecular weight excluding hydrogens is 415 g/mol. The maximum Gasteiger partial charge on any atom is 0.191 e. The lowest BCUT2D eigenvalue weighted by molar-refractivity contribution is -0.0352. The van der Waals surface area contributed by atoms with Gasteiger partial charge in [-0.05, 0) is 25.7 Å². The maximum absolute atomic E-state index is 5.57. The van der Waals surface area contributed by atoms with Crippen LogP contribution in [0.2, 0.25) is 0 Å². The van der Waals surface area contributed by atoms with Gasteiger partial charge in [0, 0.05) is 38.3 Å². The summed E-state index contributed by atoms with van der Waals surface area (Å²) in [6.45, 7) is 4.94. The van der Waals surface area contributed by atoms with Crippen LogP contribution in [0.3, 0.4) is 0 Å². The van der Waals surface area contributed by atoms with Gasteiger partial charge in [0.25, 0.3) is 0 Å². The smallest absolute Gasteiger partial charge is 0.191 e. The van der Waals surface area contributed by atoms with E-state index in [0.717, 1.165) is 38.8 Å². The Morgan fingerprint density at radius 2 is 1.75 bits per heavy atom. The van der Waals surface area contributed by atoms with Crippen LogP contribution in [-0.4, -0.2) is 62.3 Å². The van der Waals surface area contributed by atoms with Crippen molar-refractivity contribution in [2.75, 3.05) is 39.9 Å². The van der Waals surface area contributed by atoms with Gasteiger partial charge in [0.1, 0.15) is 0 Å². The van der Waals surface area contributed by atoms with Gasteiger partial charge in [0.05, 0.1) is 13.2 Å². The van der Waals surface area contributed by atoms with Gasteiger partial charge in [-0.1, -0.05) is 32.1 Å². The number of halogens is 1. The first-order chi connectivity index (χ1) is 11.3. The number of hydrogen-bond acceptors (Lipinski definition) is 3. The van der Waals surface area contributed by atoms with E-state index in [0.29, 0.717) is 11.6 Å². The highest BCUT2D eigenvalue weighted by atomic mass is 127. The molecule has 3 aliphatic rings. The van der Waals surface area contributed by atoms with Gasteiger partial charge in [0.15, 0.2) is 5.96 Å². The molecule has 3 fully saturated rings. The van der Waals surface area contributed by atoms with E-state index in [1.165, 1.54) is 57.8 Å². The van der Waals surface area contributed by atoms with E-state index >= 15 is 0 Å². The van der Waals surface area contributed by atoms with E-state index in [9.17, 15) is 0 Å². The van der Waals surface area contributed by atoms with Crippen LogP contribution in [0, 0.1) is 0 Å². The molecule has 2 aliphatic carbocycles. The topological polar surface area (TPSA) is 48.9 Å². The first-order valence-electron chi connectivity index (χ1n) is 9.62. The van der Waals surface area contributed by atoms with Crippen LogP contribution < -0.4 is 10.6 Å². The van der Waals surface area contributed by atoms with E-state index < -0.39 is 0 Å². The van der Waals surface area contributed by atoms with Crippen molar-refractivity contribution in [2.24, 2.45) is 4.99 Å². The van der Waals surface area contributed by atoms with Gasteiger partial charge in [-0.25, -0.2) is 0 Å². The van der Waals surface area contributed by atoms with Crippen molar-refractivity contribution in [1.82, 2.24) is 15.5 Å². The van der Waals surface area contributed by atoms with Crippen molar-refractivity contribution in [3.05, 3.63) is 0 Å². The van der Waals surface area contributed by atoms with Crippen molar-refractivity contribution < 1.29 is 4.74 Å². The number of nitrogens with zero attached hydrogens (tertiary/aromatic N) is 2. The molecule has 2 saturated carbocycles. The van der Waals surface area contributed by atoms with Crippen LogP contribution in [0.4, 0.5) is 0 Å². The molecule has 2 N–H and O–H groups in total. The number of hydrogen-bond donors (Lipinski definition) is 2. The van der Waals surface area contributed by atoms with Crippen LogP contribution >= 0.6 is 24.0 Å². The van der Waals surface area contributed by atoms with Gasteiger partial charge < -0.3 is 15.4 Å². The molecule has 3 rings (SSSR count). The van der Waals surface area contributed by atoms with Crippen LogP contribution in [0.5, 0.6) is 0 Å². The summed E-state index contributed by atoms with van der Waals surface area (Å²) in [6, 6.07) is 0.617. The average molecular weight is 450 g/mol. The molecule has 1 aliphatic heterocycles. The quantitative estimate of drug-likeness (QED) is 0.393. The highest BCUT2D eigenvalue weighted by Gasteiger charge is 2.38. The minimum Gasteiger partial charge on any atom is -0.379 e. The third kappa shape index (κ3) is 5.21. The Bertz CT molecular complexity index is 386. The van der Waals surface area contributed by atoms with Crippen LogP contribution in [-0.2, 0) is 4.74 Å². The van der Waals surface area contributed by atoms with E-state index in [-0.39, 0.29) is 24.0 Å². The molecule has 0 bridgehead atoms. The first-order valence-corrected chi connectivity index (χ1v) is 9.62. The van der Waals surface area contributed by atoms with Gasteiger partial charge in [0.2, 0.25) is 0 Å². The van der Waals surface area contributed by atoms with Gasteiger partial charge in [-0.15, -0.1) is 24.0 Å². The Morgan fingerprint density at radius 3 is 2.38 bits per heavy atom. The predicted molar refractivity (Wildman–Crippen MR) is 110 cm³/mol. The number of rotatable bonds is 4. The normalized spacial score (nSPS) is 26.0. The molecule has 24 heavy (non-hydrogen) atoms. The summed E-state index contributed by atoms with van der Waals surface area (Å²) >= 11 is 0. The summed E-state index contributed by atoms with van der Waals surface area (Å²) in [6.07, 6.45) is 12.0. The molecular formula is C18H35IN4O. The zero-order chi connectivity index (χ0) is 16.0. The van der Waals surface area contributed by atoms with E-state index in [1.54, 1.807) is 0 Å². The predicted octanol–water partition coefficient (Wildman–Crippen LogP) is 2.75. The number of nitrogens with one attached hydrogen (secondary N) is 2. The fourth-order valence-electron chi connectivity index (χ4n) is 4.56. The van der Waals surface area contributed by atoms with Gasteiger partial charge in [-0.3, -0.25) is 9.89 Å². The number of aliphatic imine (C=N–C) groups is 1. The SMILES string of the molecule is CN=C(NCC1(N2CCOCC2)CCCCC1)NC1CCCC1.I. The number of guanidine groups is 1. The number of morpholine rings is 1. The molecule has 6 heteroatoms. The molecule has 0 atom stereocenters. The molecule has 1 heterocycles. The van der Waals surface area contributed by atoms with Gasteiger partial charge >= 0.3 is 0 Å². The first kappa shape index (κ1) is 20.2. The molecule has 140 valence electrons. The van der Waals surface area contributed by atoms with Crippen LogP contribution in [0.1, 0.15) is 57.8 Å². The Labute approximate surface area is 164 Å². The zero-order valence-corrected chi connectivity index (χ0v) is 17.5. The molecule has 0 aromatic rings. The lowest BCUT2D eigenvalue weighted by atomic mass is 9.80. The average Bonchev–Trinajstić information content (AvgIpc) is 3.13. The van der Waals surface area contributed by atoms with Crippen molar-refractivity contribution in [2.45, 2.75) is 69.4 Å². The molecule has 0 radical (unpaired) electrons. The molecule has 5 nitrogen and oxygen atoms in total. The second kappa shape index (κ2) is 10.2. The fourth-order valence-corrected chi connectivity index (χ4v) is 4.56. The second-order valence-electron chi connectivity index (χ2n) is 7.44. The maximum atomic E-state index is 5.57. The molecule has 1 saturated heterocycles. The third-order valence-corrected chi connectivity index (χ3v) is 5.97. The van der Waals surface area contributed by atoms with Crippen molar-refractivity contribution in [1.29, 1.82) is 0 Å². The number of ether oxygens (including phenoxy) is 1. The highest BCUT2D eigenvalue weighted by molar-refractivity contribution is 14.0. The van der Waals surface area contributed by atoms with Crippen molar-refractivity contribution in [3.8, 4) is 0 Å². The third-order valence-electron chi connectivity index (χ3n) is 5.97. The summed E-state index contributed by atoms with van der Waals surface area (Å²) in [4.78, 5) is 7.15. The standard InChI is InChI=1S/C18H34N4O.HI/c1-19-17(21-16-7-3-4-8-16)20-15-18(9-5-2-6-10-18)22-11-13-23-14-12-22;/h16H,2-15H2,1H3,(H2,19,20,21);1H. The summed E-state index contributed by atoms with van der Waals surface area (Å²) in [5, 5.41) is 7.28. The zero-order valence-electron chi connectivity index (χ0n) is 15.2. The molecule has 0 spiro atoms. The highest BCUT2D eigenvalue weighted by Crippen LogP contribution is 2.33. The summed E-state index contributed by atoms with van der Waals surface area (Å²) in [5.74, 6) is 0.995. The Hall–Kier alpha value is -0.0800. The summed E-state index contributed by atoms with van der Waals surface area (Å²) in [5.41, 5.74) is 0.301. The van der Waals surface area contributed by atoms with Crippen LogP contribution in [0.25, 0.3) is 0 Å². The fraction of sp³-hybridized carbons (Fsp3) is 0.944. The Kier molecular flexibility index (Phi) is 8.57. The van der Waals surface area contributed by atoms with Crippen molar-refractivity contribution in [3.63, 3.8) is 0 Å². The summed E-state index contributed by atoms with van der Waals surface area (Å²) < 4.78 is 5.57. The van der Waals surface area contributed by atoms with Gasteiger partial charge in [-0.2, -0.15) is 0 Å². The lowest BCUT2D eigenvalue weighted by Crippen LogP contribution is -2.60. The molecule has 0 aromatic heterocycles. The summed E-state index contributed by atoms with van der Waals surface area (Å²) in [7, 11) is 1.90. The lowest BCUT2D eigenvalue weighted by Gasteiger charge is -2.48. The van der Waals surface area contributed by atoms with E-state index in [2.05, 4.69) is 20.5 Å². The van der Waals surface area contributed by atoms with Crippen molar-refractivity contribution >= 4 is 29.9 Å². The largest absolute Gasteiger partial charge is 0.379 e. The minimum atomic E-state index is 0. The molecule has 0 aromatic carbocycles. The minimum absolute atomic E-state index is 0. The molecule has 0 amide bonds.